The number of piperidine rings is 1. The number of halogens is 1. The first-order valence-electron chi connectivity index (χ1n) is 7.71. The Morgan fingerprint density at radius 3 is 2.50 bits per heavy atom. The van der Waals surface area contributed by atoms with Gasteiger partial charge in [0, 0.05) is 11.1 Å². The molecule has 1 aliphatic rings. The lowest BCUT2D eigenvalue weighted by Crippen LogP contribution is -2.36. The first-order valence-corrected chi connectivity index (χ1v) is 8.09. The van der Waals surface area contributed by atoms with Gasteiger partial charge in [0.05, 0.1) is 0 Å². The average Bonchev–Trinajstić information content (AvgIpc) is 2.45. The lowest BCUT2D eigenvalue weighted by Gasteiger charge is -2.36. The molecule has 0 radical (unpaired) electrons. The van der Waals surface area contributed by atoms with Crippen LogP contribution in [0.15, 0.2) is 24.3 Å². The summed E-state index contributed by atoms with van der Waals surface area (Å²) in [5.74, 6) is 0.895. The van der Waals surface area contributed by atoms with Crippen LogP contribution < -0.4 is 0 Å². The van der Waals surface area contributed by atoms with Crippen LogP contribution in [0.3, 0.4) is 0 Å². The molecule has 20 heavy (non-hydrogen) atoms. The van der Waals surface area contributed by atoms with Crippen molar-refractivity contribution in [1.82, 2.24) is 9.80 Å². The number of hydrogen-bond donors (Lipinski definition) is 0. The van der Waals surface area contributed by atoms with Crippen molar-refractivity contribution < 1.29 is 0 Å². The van der Waals surface area contributed by atoms with Crippen LogP contribution in [0, 0.1) is 5.92 Å². The first-order chi connectivity index (χ1) is 9.58. The molecule has 1 aromatic carbocycles. The smallest absolute Gasteiger partial charge is 0.0453 e. The lowest BCUT2D eigenvalue weighted by atomic mass is 9.92. The van der Waals surface area contributed by atoms with Crippen LogP contribution in [0.1, 0.15) is 37.8 Å². The van der Waals surface area contributed by atoms with Gasteiger partial charge in [-0.2, -0.15) is 0 Å². The Kier molecular flexibility index (Phi) is 5.88. The molecule has 112 valence electrons. The minimum Gasteiger partial charge on any atom is -0.309 e. The molecule has 0 aliphatic carbocycles. The highest BCUT2D eigenvalue weighted by molar-refractivity contribution is 6.31. The number of rotatable bonds is 5. The number of likely N-dealkylation sites (tertiary alicyclic amines) is 1. The van der Waals surface area contributed by atoms with E-state index in [4.69, 9.17) is 11.6 Å². The molecule has 1 atom stereocenters. The van der Waals surface area contributed by atoms with Crippen LogP contribution >= 0.6 is 11.6 Å². The third-order valence-corrected chi connectivity index (χ3v) is 4.88. The van der Waals surface area contributed by atoms with E-state index < -0.39 is 0 Å². The molecular formula is C17H27ClN2. The van der Waals surface area contributed by atoms with E-state index in [-0.39, 0.29) is 0 Å². The highest BCUT2D eigenvalue weighted by Gasteiger charge is 2.24. The van der Waals surface area contributed by atoms with Crippen molar-refractivity contribution in [1.29, 1.82) is 0 Å². The van der Waals surface area contributed by atoms with Gasteiger partial charge in [-0.3, -0.25) is 4.90 Å². The first kappa shape index (κ1) is 15.8. The normalized spacial score (nSPS) is 19.4. The molecular weight excluding hydrogens is 268 g/mol. The van der Waals surface area contributed by atoms with Gasteiger partial charge >= 0.3 is 0 Å². The van der Waals surface area contributed by atoms with E-state index in [0.29, 0.717) is 6.04 Å². The highest BCUT2D eigenvalue weighted by Crippen LogP contribution is 2.31. The zero-order valence-electron chi connectivity index (χ0n) is 13.0. The minimum absolute atomic E-state index is 0.429. The van der Waals surface area contributed by atoms with Gasteiger partial charge in [0.2, 0.25) is 0 Å². The van der Waals surface area contributed by atoms with E-state index in [9.17, 15) is 0 Å². The second-order valence-corrected chi connectivity index (χ2v) is 6.68. The fourth-order valence-corrected chi connectivity index (χ4v) is 3.37. The number of benzene rings is 1. The molecule has 0 saturated carbocycles. The van der Waals surface area contributed by atoms with Crippen molar-refractivity contribution in [3.63, 3.8) is 0 Å². The molecule has 3 heteroatoms. The summed E-state index contributed by atoms with van der Waals surface area (Å²) in [5.41, 5.74) is 1.26. The molecule has 2 rings (SSSR count). The third-order valence-electron chi connectivity index (χ3n) is 4.54. The topological polar surface area (TPSA) is 6.48 Å². The Balaban J connectivity index is 1.86. The molecule has 1 saturated heterocycles. The summed E-state index contributed by atoms with van der Waals surface area (Å²) in [6.45, 7) is 5.89. The predicted molar refractivity (Wildman–Crippen MR) is 87.3 cm³/mol. The third kappa shape index (κ3) is 4.21. The van der Waals surface area contributed by atoms with Crippen molar-refractivity contribution in [2.24, 2.45) is 5.92 Å². The zero-order chi connectivity index (χ0) is 14.5. The summed E-state index contributed by atoms with van der Waals surface area (Å²) >= 11 is 6.32. The Labute approximate surface area is 128 Å². The SMILES string of the molecule is CC(c1ccccc1Cl)N1CCC(CCN(C)C)CC1. The van der Waals surface area contributed by atoms with Gasteiger partial charge in [-0.15, -0.1) is 0 Å². The standard InChI is InChI=1S/C17H27ClN2/c1-14(16-6-4-5-7-17(16)18)20-12-9-15(10-13-20)8-11-19(2)3/h4-7,14-15H,8-13H2,1-3H3. The summed E-state index contributed by atoms with van der Waals surface area (Å²) < 4.78 is 0. The van der Waals surface area contributed by atoms with E-state index in [2.05, 4.69) is 43.0 Å². The van der Waals surface area contributed by atoms with Crippen LogP contribution in [0.2, 0.25) is 5.02 Å². The largest absolute Gasteiger partial charge is 0.309 e. The lowest BCUT2D eigenvalue weighted by molar-refractivity contribution is 0.133. The number of nitrogens with zero attached hydrogens (tertiary/aromatic N) is 2. The van der Waals surface area contributed by atoms with Crippen LogP contribution in [0.4, 0.5) is 0 Å². The summed E-state index contributed by atoms with van der Waals surface area (Å²) in [5, 5.41) is 0.898. The van der Waals surface area contributed by atoms with Crippen molar-refractivity contribution in [2.75, 3.05) is 33.7 Å². The molecule has 2 nitrogen and oxygen atoms in total. The second kappa shape index (κ2) is 7.44. The van der Waals surface area contributed by atoms with E-state index in [1.165, 1.54) is 44.5 Å². The van der Waals surface area contributed by atoms with E-state index in [1.54, 1.807) is 0 Å². The molecule has 1 heterocycles. The van der Waals surface area contributed by atoms with Crippen LogP contribution in [-0.4, -0.2) is 43.5 Å². The molecule has 0 aromatic heterocycles. The molecule has 0 amide bonds. The molecule has 0 bridgehead atoms. The Bertz CT molecular complexity index is 411. The van der Waals surface area contributed by atoms with Crippen molar-refractivity contribution >= 4 is 11.6 Å². The summed E-state index contributed by atoms with van der Waals surface area (Å²) in [6.07, 6.45) is 3.98. The van der Waals surface area contributed by atoms with Gasteiger partial charge in [0.25, 0.3) is 0 Å². The van der Waals surface area contributed by atoms with Crippen LogP contribution in [-0.2, 0) is 0 Å². The minimum atomic E-state index is 0.429. The van der Waals surface area contributed by atoms with E-state index in [1.807, 2.05) is 12.1 Å². The zero-order valence-corrected chi connectivity index (χ0v) is 13.7. The van der Waals surface area contributed by atoms with Crippen molar-refractivity contribution in [2.45, 2.75) is 32.2 Å². The summed E-state index contributed by atoms with van der Waals surface area (Å²) in [6, 6.07) is 8.68. The quantitative estimate of drug-likeness (QED) is 0.808. The molecule has 1 aromatic rings. The van der Waals surface area contributed by atoms with E-state index >= 15 is 0 Å². The number of hydrogen-bond acceptors (Lipinski definition) is 2. The maximum absolute atomic E-state index is 6.32. The van der Waals surface area contributed by atoms with Gasteiger partial charge in [0.1, 0.15) is 0 Å². The van der Waals surface area contributed by atoms with Gasteiger partial charge in [-0.1, -0.05) is 29.8 Å². The van der Waals surface area contributed by atoms with Crippen molar-refractivity contribution in [3.05, 3.63) is 34.9 Å². The maximum Gasteiger partial charge on any atom is 0.0453 e. The molecule has 1 aliphatic heterocycles. The van der Waals surface area contributed by atoms with Crippen molar-refractivity contribution in [3.8, 4) is 0 Å². The highest BCUT2D eigenvalue weighted by atomic mass is 35.5. The fourth-order valence-electron chi connectivity index (χ4n) is 3.08. The second-order valence-electron chi connectivity index (χ2n) is 6.27. The summed E-state index contributed by atoms with van der Waals surface area (Å²) in [4.78, 5) is 4.87. The van der Waals surface area contributed by atoms with E-state index in [0.717, 1.165) is 10.9 Å². The average molecular weight is 295 g/mol. The molecule has 1 fully saturated rings. The van der Waals surface area contributed by atoms with Gasteiger partial charge in [-0.25, -0.2) is 0 Å². The van der Waals surface area contributed by atoms with Gasteiger partial charge < -0.3 is 4.90 Å². The molecule has 0 spiro atoms. The van der Waals surface area contributed by atoms with Gasteiger partial charge in [-0.05, 0) is 77.5 Å². The maximum atomic E-state index is 6.32. The predicted octanol–water partition coefficient (Wildman–Crippen LogP) is 4.06. The van der Waals surface area contributed by atoms with Crippen LogP contribution in [0.25, 0.3) is 0 Å². The Morgan fingerprint density at radius 2 is 1.90 bits per heavy atom. The summed E-state index contributed by atoms with van der Waals surface area (Å²) in [7, 11) is 4.32. The monoisotopic (exact) mass is 294 g/mol. The molecule has 1 unspecified atom stereocenters. The molecule has 0 N–H and O–H groups in total. The van der Waals surface area contributed by atoms with Crippen LogP contribution in [0.5, 0.6) is 0 Å². The Hall–Kier alpha value is -0.570. The fraction of sp³-hybridized carbons (Fsp3) is 0.647. The Morgan fingerprint density at radius 1 is 1.25 bits per heavy atom. The van der Waals surface area contributed by atoms with Gasteiger partial charge in [0.15, 0.2) is 0 Å².